The average molecular weight is 219 g/mol. The first-order valence-electron chi connectivity index (χ1n) is 5.87. The molecule has 1 aromatic rings. The molecule has 0 saturated carbocycles. The van der Waals surface area contributed by atoms with Crippen molar-refractivity contribution < 1.29 is 5.11 Å². The van der Waals surface area contributed by atoms with Crippen LogP contribution < -0.4 is 11.1 Å². The van der Waals surface area contributed by atoms with E-state index in [-0.39, 0.29) is 12.5 Å². The third-order valence-electron chi connectivity index (χ3n) is 3.52. The minimum absolute atomic E-state index is 0.00147. The molecule has 1 heterocycles. The molecule has 1 aromatic carbocycles. The first-order chi connectivity index (χ1) is 7.72. The van der Waals surface area contributed by atoms with Crippen molar-refractivity contribution in [3.63, 3.8) is 0 Å². The third-order valence-corrected chi connectivity index (χ3v) is 3.52. The van der Waals surface area contributed by atoms with Gasteiger partial charge in [-0.25, -0.2) is 5.11 Å². The van der Waals surface area contributed by atoms with Gasteiger partial charge in [0, 0.05) is 18.2 Å². The maximum Gasteiger partial charge on any atom is 0.0868 e. The Balaban J connectivity index is 2.27. The smallest absolute Gasteiger partial charge is 0.0868 e. The molecule has 1 saturated heterocycles. The van der Waals surface area contributed by atoms with Gasteiger partial charge < -0.3 is 11.1 Å². The lowest BCUT2D eigenvalue weighted by Gasteiger charge is -2.31. The summed E-state index contributed by atoms with van der Waals surface area (Å²) in [4.78, 5) is 0. The fourth-order valence-corrected chi connectivity index (χ4v) is 2.62. The van der Waals surface area contributed by atoms with Crippen LogP contribution in [0, 0.1) is 12.8 Å². The van der Waals surface area contributed by atoms with Crippen LogP contribution in [-0.2, 0) is 5.11 Å². The van der Waals surface area contributed by atoms with Crippen LogP contribution in [0.25, 0.3) is 0 Å². The van der Waals surface area contributed by atoms with Crippen LogP contribution >= 0.6 is 0 Å². The van der Waals surface area contributed by atoms with E-state index in [1.165, 1.54) is 11.1 Å². The van der Waals surface area contributed by atoms with Gasteiger partial charge in [0.05, 0.1) is 6.61 Å². The quantitative estimate of drug-likeness (QED) is 0.744. The Morgan fingerprint density at radius 1 is 1.50 bits per heavy atom. The predicted molar refractivity (Wildman–Crippen MR) is 64.9 cm³/mol. The van der Waals surface area contributed by atoms with Gasteiger partial charge in [-0.05, 0) is 49.1 Å². The largest absolute Gasteiger partial charge is 0.399 e. The van der Waals surface area contributed by atoms with Crippen molar-refractivity contribution in [1.29, 1.82) is 0 Å². The first-order valence-corrected chi connectivity index (χ1v) is 5.87. The number of nitrogens with two attached hydrogens (primary N) is 1. The highest BCUT2D eigenvalue weighted by atomic mass is 16.3. The van der Waals surface area contributed by atoms with E-state index in [0.717, 1.165) is 25.2 Å². The molecule has 0 aromatic heterocycles. The van der Waals surface area contributed by atoms with Gasteiger partial charge >= 0.3 is 0 Å². The van der Waals surface area contributed by atoms with Crippen molar-refractivity contribution >= 4 is 5.69 Å². The highest BCUT2D eigenvalue weighted by molar-refractivity contribution is 5.45. The van der Waals surface area contributed by atoms with Gasteiger partial charge in [-0.3, -0.25) is 0 Å². The van der Waals surface area contributed by atoms with E-state index in [2.05, 4.69) is 18.3 Å². The highest BCUT2D eigenvalue weighted by Crippen LogP contribution is 2.32. The predicted octanol–water partition coefficient (Wildman–Crippen LogP) is 1.70. The summed E-state index contributed by atoms with van der Waals surface area (Å²) < 4.78 is 0. The fourth-order valence-electron chi connectivity index (χ4n) is 2.62. The maximum absolute atomic E-state index is 11.2. The summed E-state index contributed by atoms with van der Waals surface area (Å²) in [6.45, 7) is 3.93. The van der Waals surface area contributed by atoms with Gasteiger partial charge in [-0.15, -0.1) is 0 Å². The standard InChI is InChI=1S/C13H19N2O/c1-9-6-11(14)2-3-12(9)13-4-5-15-7-10(13)8-16/h2-3,6,10,13,15H,4-5,7-8,14H2,1H3. The Kier molecular flexibility index (Phi) is 3.46. The topological polar surface area (TPSA) is 57.9 Å². The lowest BCUT2D eigenvalue weighted by atomic mass is 9.80. The van der Waals surface area contributed by atoms with E-state index in [4.69, 9.17) is 5.73 Å². The monoisotopic (exact) mass is 219 g/mol. The summed E-state index contributed by atoms with van der Waals surface area (Å²) in [7, 11) is 0. The van der Waals surface area contributed by atoms with Crippen molar-refractivity contribution in [2.75, 3.05) is 25.4 Å². The van der Waals surface area contributed by atoms with Gasteiger partial charge in [-0.1, -0.05) is 6.07 Å². The van der Waals surface area contributed by atoms with E-state index < -0.39 is 0 Å². The zero-order valence-corrected chi connectivity index (χ0v) is 9.70. The van der Waals surface area contributed by atoms with E-state index in [1.54, 1.807) is 0 Å². The number of piperidine rings is 1. The Morgan fingerprint density at radius 2 is 2.31 bits per heavy atom. The zero-order chi connectivity index (χ0) is 11.5. The average Bonchev–Trinajstić information content (AvgIpc) is 2.29. The van der Waals surface area contributed by atoms with Crippen LogP contribution in [0.2, 0.25) is 0 Å². The van der Waals surface area contributed by atoms with Crippen LogP contribution in [-0.4, -0.2) is 19.7 Å². The molecule has 0 amide bonds. The first kappa shape index (κ1) is 11.4. The van der Waals surface area contributed by atoms with Crippen molar-refractivity contribution in [1.82, 2.24) is 5.32 Å². The summed E-state index contributed by atoms with van der Waals surface area (Å²) in [6, 6.07) is 6.02. The van der Waals surface area contributed by atoms with Gasteiger partial charge in [0.15, 0.2) is 0 Å². The Hall–Kier alpha value is -1.06. The lowest BCUT2D eigenvalue weighted by molar-refractivity contribution is 0.115. The molecule has 1 fully saturated rings. The fraction of sp³-hybridized carbons (Fsp3) is 0.538. The normalized spacial score (nSPS) is 25.6. The Bertz CT molecular complexity index is 365. The maximum atomic E-state index is 11.2. The van der Waals surface area contributed by atoms with Crippen LogP contribution in [0.3, 0.4) is 0 Å². The molecule has 0 bridgehead atoms. The van der Waals surface area contributed by atoms with Crippen LogP contribution in [0.15, 0.2) is 18.2 Å². The molecule has 1 radical (unpaired) electrons. The minimum atomic E-state index is 0.00147. The van der Waals surface area contributed by atoms with Crippen LogP contribution in [0.5, 0.6) is 0 Å². The van der Waals surface area contributed by atoms with E-state index in [1.807, 2.05) is 12.1 Å². The molecular formula is C13H19N2O. The number of aryl methyl sites for hydroxylation is 1. The molecule has 3 heteroatoms. The van der Waals surface area contributed by atoms with Crippen molar-refractivity contribution in [2.24, 2.45) is 5.92 Å². The molecule has 16 heavy (non-hydrogen) atoms. The number of hydrogen-bond donors (Lipinski definition) is 2. The molecule has 1 aliphatic heterocycles. The molecule has 2 unspecified atom stereocenters. The number of hydrogen-bond acceptors (Lipinski definition) is 2. The summed E-state index contributed by atoms with van der Waals surface area (Å²) in [5.74, 6) is 0.621. The van der Waals surface area contributed by atoms with Gasteiger partial charge in [0.2, 0.25) is 0 Å². The molecule has 0 aliphatic carbocycles. The molecule has 2 rings (SSSR count). The number of nitrogen functional groups attached to an aromatic ring is 1. The summed E-state index contributed by atoms with van der Waals surface area (Å²) in [5.41, 5.74) is 9.07. The molecule has 3 nitrogen and oxygen atoms in total. The number of benzene rings is 1. The Labute approximate surface area is 96.7 Å². The van der Waals surface area contributed by atoms with E-state index >= 15 is 0 Å². The number of rotatable bonds is 2. The van der Waals surface area contributed by atoms with Crippen molar-refractivity contribution in [2.45, 2.75) is 19.3 Å². The van der Waals surface area contributed by atoms with Crippen molar-refractivity contribution in [3.8, 4) is 0 Å². The lowest BCUT2D eigenvalue weighted by Crippen LogP contribution is -2.37. The third kappa shape index (κ3) is 2.20. The molecule has 1 aliphatic rings. The number of anilines is 1. The van der Waals surface area contributed by atoms with Crippen molar-refractivity contribution in [3.05, 3.63) is 29.3 Å². The van der Waals surface area contributed by atoms with E-state index in [0.29, 0.717) is 5.92 Å². The SMILES string of the molecule is Cc1cc(N)ccc1C1CCNCC1C[O]. The summed E-state index contributed by atoms with van der Waals surface area (Å²) in [5, 5.41) is 14.5. The second-order valence-corrected chi connectivity index (χ2v) is 4.64. The molecular weight excluding hydrogens is 200 g/mol. The minimum Gasteiger partial charge on any atom is -0.399 e. The Morgan fingerprint density at radius 3 is 3.00 bits per heavy atom. The zero-order valence-electron chi connectivity index (χ0n) is 9.70. The molecule has 2 atom stereocenters. The highest BCUT2D eigenvalue weighted by Gasteiger charge is 2.27. The number of nitrogens with one attached hydrogen (secondary N) is 1. The second-order valence-electron chi connectivity index (χ2n) is 4.64. The van der Waals surface area contributed by atoms with Gasteiger partial charge in [0.1, 0.15) is 0 Å². The summed E-state index contributed by atoms with van der Waals surface area (Å²) >= 11 is 0. The van der Waals surface area contributed by atoms with E-state index in [9.17, 15) is 5.11 Å². The second kappa shape index (κ2) is 4.85. The molecule has 0 spiro atoms. The van der Waals surface area contributed by atoms with Crippen LogP contribution in [0.1, 0.15) is 23.5 Å². The van der Waals surface area contributed by atoms with Gasteiger partial charge in [-0.2, -0.15) is 0 Å². The summed E-state index contributed by atoms with van der Waals surface area (Å²) in [6.07, 6.45) is 1.05. The molecule has 3 N–H and O–H groups in total. The van der Waals surface area contributed by atoms with Gasteiger partial charge in [0.25, 0.3) is 0 Å². The molecule has 87 valence electrons. The van der Waals surface area contributed by atoms with Crippen LogP contribution in [0.4, 0.5) is 5.69 Å².